The molecule has 1 aliphatic carbocycles. The molecular formula is C26H31F3N4O2. The maximum absolute atomic E-state index is 13.2. The van der Waals surface area contributed by atoms with Gasteiger partial charge in [0.2, 0.25) is 0 Å². The molecule has 9 heteroatoms. The van der Waals surface area contributed by atoms with Gasteiger partial charge in [0.15, 0.2) is 11.5 Å². The predicted molar refractivity (Wildman–Crippen MR) is 130 cm³/mol. The van der Waals surface area contributed by atoms with Crippen molar-refractivity contribution in [3.63, 3.8) is 0 Å². The number of aromatic nitrogens is 2. The summed E-state index contributed by atoms with van der Waals surface area (Å²) in [4.78, 5) is 11.2. The number of ether oxygens (including phenoxy) is 2. The van der Waals surface area contributed by atoms with E-state index in [1.54, 1.807) is 27.0 Å². The van der Waals surface area contributed by atoms with Gasteiger partial charge in [-0.15, -0.1) is 0 Å². The number of benzene rings is 2. The van der Waals surface area contributed by atoms with Crippen molar-refractivity contribution in [2.45, 2.75) is 38.9 Å². The van der Waals surface area contributed by atoms with E-state index in [-0.39, 0.29) is 5.41 Å². The second kappa shape index (κ2) is 9.53. The fourth-order valence-corrected chi connectivity index (χ4v) is 4.33. The van der Waals surface area contributed by atoms with Gasteiger partial charge in [0.25, 0.3) is 0 Å². The number of anilines is 1. The molecule has 0 radical (unpaired) electrons. The highest BCUT2D eigenvalue weighted by atomic mass is 19.4. The Bertz CT molecular complexity index is 1210. The summed E-state index contributed by atoms with van der Waals surface area (Å²) in [5, 5.41) is 3.99. The van der Waals surface area contributed by atoms with Gasteiger partial charge >= 0.3 is 6.18 Å². The van der Waals surface area contributed by atoms with Crippen LogP contribution in [0.3, 0.4) is 0 Å². The highest BCUT2D eigenvalue weighted by molar-refractivity contribution is 5.92. The van der Waals surface area contributed by atoms with Crippen molar-refractivity contribution in [2.75, 3.05) is 39.7 Å². The van der Waals surface area contributed by atoms with Crippen LogP contribution in [0.1, 0.15) is 42.8 Å². The lowest BCUT2D eigenvalue weighted by Crippen LogP contribution is -2.27. The second-order valence-electron chi connectivity index (χ2n) is 9.66. The number of alkyl halides is 3. The fourth-order valence-electron chi connectivity index (χ4n) is 4.33. The molecule has 0 saturated heterocycles. The Morgan fingerprint density at radius 1 is 1.11 bits per heavy atom. The Balaban J connectivity index is 1.64. The van der Waals surface area contributed by atoms with Crippen molar-refractivity contribution >= 4 is 16.7 Å². The third-order valence-corrected chi connectivity index (χ3v) is 6.30. The van der Waals surface area contributed by atoms with E-state index in [9.17, 15) is 13.2 Å². The van der Waals surface area contributed by atoms with Crippen molar-refractivity contribution < 1.29 is 22.6 Å². The minimum atomic E-state index is -4.40. The molecular weight excluding hydrogens is 457 g/mol. The molecule has 0 spiro atoms. The van der Waals surface area contributed by atoms with Crippen LogP contribution < -0.4 is 14.8 Å². The minimum absolute atomic E-state index is 0.145. The Hall–Kier alpha value is -3.07. The van der Waals surface area contributed by atoms with Gasteiger partial charge in [-0.3, -0.25) is 0 Å². The van der Waals surface area contributed by atoms with Crippen LogP contribution >= 0.6 is 0 Å². The van der Waals surface area contributed by atoms with E-state index in [1.807, 2.05) is 12.1 Å². The first kappa shape index (κ1) is 25.0. The van der Waals surface area contributed by atoms with Crippen LogP contribution in [0, 0.1) is 12.3 Å². The van der Waals surface area contributed by atoms with Crippen LogP contribution in [-0.4, -0.2) is 49.2 Å². The van der Waals surface area contributed by atoms with E-state index in [2.05, 4.69) is 34.3 Å². The van der Waals surface area contributed by atoms with Crippen LogP contribution in [0.2, 0.25) is 0 Å². The normalized spacial score (nSPS) is 15.8. The Kier molecular flexibility index (Phi) is 6.81. The number of methoxy groups -OCH3 is 1. The standard InChI is InChI=1S/C26H31F3N4O2/c1-16(18-7-6-8-19(11-18)26(27,28)29)30-24-20-12-23(35-15-25(9-10-25)14-33(3)4)22(34-5)13-21(20)31-17(2)32-24/h6-8,11-13,16H,9-10,14-15H2,1-5H3,(H,30,31,32)/t16-/m1/s1. The Morgan fingerprint density at radius 2 is 1.86 bits per heavy atom. The molecule has 1 atom stereocenters. The molecule has 188 valence electrons. The van der Waals surface area contributed by atoms with Crippen LogP contribution in [0.4, 0.5) is 19.0 Å². The zero-order chi connectivity index (χ0) is 25.4. The molecule has 0 amide bonds. The molecule has 1 saturated carbocycles. The van der Waals surface area contributed by atoms with Crippen LogP contribution in [0.25, 0.3) is 10.9 Å². The molecule has 1 aliphatic rings. The molecule has 0 aliphatic heterocycles. The monoisotopic (exact) mass is 488 g/mol. The topological polar surface area (TPSA) is 59.5 Å². The van der Waals surface area contributed by atoms with Gasteiger partial charge in [-0.05, 0) is 64.5 Å². The molecule has 1 fully saturated rings. The first-order valence-corrected chi connectivity index (χ1v) is 11.6. The molecule has 0 bridgehead atoms. The number of nitrogens with zero attached hydrogens (tertiary/aromatic N) is 3. The van der Waals surface area contributed by atoms with Gasteiger partial charge < -0.3 is 19.7 Å². The number of nitrogens with one attached hydrogen (secondary N) is 1. The summed E-state index contributed by atoms with van der Waals surface area (Å²) in [7, 11) is 5.70. The second-order valence-corrected chi connectivity index (χ2v) is 9.66. The summed E-state index contributed by atoms with van der Waals surface area (Å²) in [5.41, 5.74) is 0.634. The lowest BCUT2D eigenvalue weighted by Gasteiger charge is -2.22. The molecule has 2 aromatic carbocycles. The van der Waals surface area contributed by atoms with Crippen molar-refractivity contribution in [3.8, 4) is 11.5 Å². The number of rotatable bonds is 9. The summed E-state index contributed by atoms with van der Waals surface area (Å²) in [5.74, 6) is 2.23. The first-order valence-electron chi connectivity index (χ1n) is 11.6. The average Bonchev–Trinajstić information content (AvgIpc) is 3.55. The molecule has 0 unspecified atom stereocenters. The van der Waals surface area contributed by atoms with Crippen LogP contribution in [-0.2, 0) is 6.18 Å². The summed E-state index contributed by atoms with van der Waals surface area (Å²) in [6, 6.07) is 8.55. The first-order chi connectivity index (χ1) is 16.5. The van der Waals surface area contributed by atoms with Gasteiger partial charge in [0, 0.05) is 29.5 Å². The summed E-state index contributed by atoms with van der Waals surface area (Å²) in [6.07, 6.45) is -2.17. The van der Waals surface area contributed by atoms with Crippen molar-refractivity contribution in [1.82, 2.24) is 14.9 Å². The Morgan fingerprint density at radius 3 is 2.49 bits per heavy atom. The molecule has 1 heterocycles. The van der Waals surface area contributed by atoms with Crippen molar-refractivity contribution in [3.05, 3.63) is 53.3 Å². The van der Waals surface area contributed by atoms with Crippen molar-refractivity contribution in [1.29, 1.82) is 0 Å². The molecule has 6 nitrogen and oxygen atoms in total. The number of hydrogen-bond donors (Lipinski definition) is 1. The predicted octanol–water partition coefficient (Wildman–Crippen LogP) is 5.86. The fraction of sp³-hybridized carbons (Fsp3) is 0.462. The van der Waals surface area contributed by atoms with E-state index in [0.717, 1.165) is 31.5 Å². The van der Waals surface area contributed by atoms with Gasteiger partial charge in [-0.2, -0.15) is 13.2 Å². The average molecular weight is 489 g/mol. The summed E-state index contributed by atoms with van der Waals surface area (Å²) in [6.45, 7) is 5.10. The lowest BCUT2D eigenvalue weighted by atomic mass is 10.0. The minimum Gasteiger partial charge on any atom is -0.493 e. The molecule has 3 aromatic rings. The number of hydrogen-bond acceptors (Lipinski definition) is 6. The van der Waals surface area contributed by atoms with E-state index < -0.39 is 17.8 Å². The third kappa shape index (κ3) is 5.78. The number of halogens is 3. The number of aryl methyl sites for hydroxylation is 1. The molecule has 4 rings (SSSR count). The zero-order valence-electron chi connectivity index (χ0n) is 20.7. The van der Waals surface area contributed by atoms with E-state index in [0.29, 0.717) is 46.2 Å². The maximum atomic E-state index is 13.2. The quantitative estimate of drug-likeness (QED) is 0.407. The van der Waals surface area contributed by atoms with Crippen LogP contribution in [0.15, 0.2) is 36.4 Å². The van der Waals surface area contributed by atoms with Gasteiger partial charge in [0.05, 0.1) is 24.8 Å². The third-order valence-electron chi connectivity index (χ3n) is 6.30. The highest BCUT2D eigenvalue weighted by Crippen LogP contribution is 2.47. The van der Waals surface area contributed by atoms with Gasteiger partial charge in [0.1, 0.15) is 11.6 Å². The highest BCUT2D eigenvalue weighted by Gasteiger charge is 2.44. The van der Waals surface area contributed by atoms with Gasteiger partial charge in [-0.1, -0.05) is 12.1 Å². The molecule has 1 N–H and O–H groups in total. The Labute approximate surface area is 203 Å². The van der Waals surface area contributed by atoms with Crippen molar-refractivity contribution in [2.24, 2.45) is 5.41 Å². The summed E-state index contributed by atoms with van der Waals surface area (Å²) >= 11 is 0. The number of fused-ring (bicyclic) bond motifs is 1. The van der Waals surface area contributed by atoms with E-state index in [1.165, 1.54) is 6.07 Å². The largest absolute Gasteiger partial charge is 0.493 e. The SMILES string of the molecule is COc1cc2nc(C)nc(N[C@H](C)c3cccc(C(F)(F)F)c3)c2cc1OCC1(CN(C)C)CC1. The smallest absolute Gasteiger partial charge is 0.416 e. The summed E-state index contributed by atoms with van der Waals surface area (Å²) < 4.78 is 51.4. The maximum Gasteiger partial charge on any atom is 0.416 e. The van der Waals surface area contributed by atoms with E-state index >= 15 is 0 Å². The van der Waals surface area contributed by atoms with E-state index in [4.69, 9.17) is 9.47 Å². The lowest BCUT2D eigenvalue weighted by molar-refractivity contribution is -0.137. The molecule has 35 heavy (non-hydrogen) atoms. The zero-order valence-corrected chi connectivity index (χ0v) is 20.7. The molecule has 1 aromatic heterocycles. The van der Waals surface area contributed by atoms with Gasteiger partial charge in [-0.25, -0.2) is 9.97 Å². The van der Waals surface area contributed by atoms with Crippen LogP contribution in [0.5, 0.6) is 11.5 Å².